The van der Waals surface area contributed by atoms with Crippen molar-refractivity contribution >= 4 is 10.0 Å². The quantitative estimate of drug-likeness (QED) is 0.839. The first-order valence-corrected chi connectivity index (χ1v) is 7.82. The number of sulfonamides is 1. The molecule has 0 saturated carbocycles. The molecule has 1 aromatic rings. The van der Waals surface area contributed by atoms with Crippen LogP contribution in [0.25, 0.3) is 0 Å². The summed E-state index contributed by atoms with van der Waals surface area (Å²) in [5.41, 5.74) is 5.64. The van der Waals surface area contributed by atoms with E-state index in [1.54, 1.807) is 0 Å². The molecule has 4 nitrogen and oxygen atoms in total. The first-order valence-electron chi connectivity index (χ1n) is 6.38. The third-order valence-electron chi connectivity index (χ3n) is 2.78. The Hall–Kier alpha value is -1.42. The van der Waals surface area contributed by atoms with Gasteiger partial charge in [-0.25, -0.2) is 17.1 Å². The number of rotatable bonds is 5. The highest BCUT2D eigenvalue weighted by molar-refractivity contribution is 7.89. The number of unbranched alkanes of at least 4 members (excludes halogenated alkanes) is 1. The zero-order valence-electron chi connectivity index (χ0n) is 11.7. The predicted molar refractivity (Wildman–Crippen MR) is 77.1 cm³/mol. The average Bonchev–Trinajstić information content (AvgIpc) is 2.42. The van der Waals surface area contributed by atoms with Crippen LogP contribution in [0.15, 0.2) is 23.1 Å². The predicted octanol–water partition coefficient (Wildman–Crippen LogP) is 1.56. The standard InChI is InChI=1S/C14H19FN2O2S/c1-3-4-10-17(2)20(18,19)14-8-7-12(6-5-9-16)11-13(14)15/h7-8,11H,3-4,9-10,16H2,1-2H3. The van der Waals surface area contributed by atoms with E-state index in [2.05, 4.69) is 11.8 Å². The van der Waals surface area contributed by atoms with Gasteiger partial charge < -0.3 is 5.73 Å². The van der Waals surface area contributed by atoms with Crippen molar-refractivity contribution in [3.05, 3.63) is 29.6 Å². The van der Waals surface area contributed by atoms with Crippen molar-refractivity contribution < 1.29 is 12.8 Å². The average molecular weight is 298 g/mol. The Labute approximate surface area is 119 Å². The Bertz CT molecular complexity index is 618. The number of hydrogen-bond donors (Lipinski definition) is 1. The van der Waals surface area contributed by atoms with Crippen LogP contribution in [-0.4, -0.2) is 32.9 Å². The number of nitrogens with two attached hydrogens (primary N) is 1. The van der Waals surface area contributed by atoms with E-state index in [0.717, 1.165) is 18.9 Å². The Kier molecular flexibility index (Phi) is 6.14. The normalized spacial score (nSPS) is 11.2. The van der Waals surface area contributed by atoms with E-state index < -0.39 is 15.8 Å². The van der Waals surface area contributed by atoms with Gasteiger partial charge in [0.05, 0.1) is 6.54 Å². The zero-order chi connectivity index (χ0) is 15.2. The van der Waals surface area contributed by atoms with E-state index in [-0.39, 0.29) is 11.4 Å². The third-order valence-corrected chi connectivity index (χ3v) is 4.67. The summed E-state index contributed by atoms with van der Waals surface area (Å²) in [6.07, 6.45) is 1.60. The van der Waals surface area contributed by atoms with Crippen LogP contribution in [0, 0.1) is 17.7 Å². The lowest BCUT2D eigenvalue weighted by Crippen LogP contribution is -2.28. The molecule has 1 rings (SSSR count). The molecule has 0 saturated heterocycles. The fourth-order valence-electron chi connectivity index (χ4n) is 1.61. The lowest BCUT2D eigenvalue weighted by molar-refractivity contribution is 0.453. The highest BCUT2D eigenvalue weighted by Crippen LogP contribution is 2.19. The van der Waals surface area contributed by atoms with Gasteiger partial charge >= 0.3 is 0 Å². The smallest absolute Gasteiger partial charge is 0.245 e. The van der Waals surface area contributed by atoms with Crippen LogP contribution in [0.5, 0.6) is 0 Å². The maximum absolute atomic E-state index is 14.0. The Balaban J connectivity index is 3.07. The number of benzene rings is 1. The molecule has 20 heavy (non-hydrogen) atoms. The van der Waals surface area contributed by atoms with Gasteiger partial charge in [0.2, 0.25) is 10.0 Å². The van der Waals surface area contributed by atoms with Crippen LogP contribution in [-0.2, 0) is 10.0 Å². The minimum Gasteiger partial charge on any atom is -0.320 e. The lowest BCUT2D eigenvalue weighted by atomic mass is 10.2. The van der Waals surface area contributed by atoms with Crippen molar-refractivity contribution in [2.45, 2.75) is 24.7 Å². The summed E-state index contributed by atoms with van der Waals surface area (Å²) in [6.45, 7) is 2.50. The molecule has 0 radical (unpaired) electrons. The molecular formula is C14H19FN2O2S. The number of halogens is 1. The number of hydrogen-bond acceptors (Lipinski definition) is 3. The molecule has 0 aliphatic heterocycles. The highest BCUT2D eigenvalue weighted by atomic mass is 32.2. The molecule has 0 amide bonds. The SMILES string of the molecule is CCCCN(C)S(=O)(=O)c1ccc(C#CCN)cc1F. The van der Waals surface area contributed by atoms with Crippen molar-refractivity contribution in [3.63, 3.8) is 0 Å². The first kappa shape index (κ1) is 16.6. The summed E-state index contributed by atoms with van der Waals surface area (Å²) < 4.78 is 39.5. The molecule has 0 spiro atoms. The van der Waals surface area contributed by atoms with Crippen molar-refractivity contribution in [2.24, 2.45) is 5.73 Å². The van der Waals surface area contributed by atoms with Crippen molar-refractivity contribution in [2.75, 3.05) is 20.1 Å². The molecule has 0 aliphatic carbocycles. The van der Waals surface area contributed by atoms with Crippen LogP contribution >= 0.6 is 0 Å². The Morgan fingerprint density at radius 1 is 1.40 bits per heavy atom. The second-order valence-corrected chi connectivity index (χ2v) is 6.34. The van der Waals surface area contributed by atoms with E-state index in [9.17, 15) is 12.8 Å². The van der Waals surface area contributed by atoms with Crippen LogP contribution < -0.4 is 5.73 Å². The van der Waals surface area contributed by atoms with E-state index in [1.165, 1.54) is 23.5 Å². The molecule has 0 atom stereocenters. The monoisotopic (exact) mass is 298 g/mol. The van der Waals surface area contributed by atoms with Gasteiger partial charge in [-0.2, -0.15) is 0 Å². The van der Waals surface area contributed by atoms with Gasteiger partial charge in [0.15, 0.2) is 0 Å². The van der Waals surface area contributed by atoms with Gasteiger partial charge in [0.25, 0.3) is 0 Å². The summed E-state index contributed by atoms with van der Waals surface area (Å²) in [4.78, 5) is -0.325. The lowest BCUT2D eigenvalue weighted by Gasteiger charge is -2.17. The molecule has 0 unspecified atom stereocenters. The molecule has 110 valence electrons. The van der Waals surface area contributed by atoms with Gasteiger partial charge in [-0.1, -0.05) is 25.2 Å². The van der Waals surface area contributed by atoms with Crippen molar-refractivity contribution in [3.8, 4) is 11.8 Å². The Morgan fingerprint density at radius 3 is 2.65 bits per heavy atom. The highest BCUT2D eigenvalue weighted by Gasteiger charge is 2.23. The fourth-order valence-corrected chi connectivity index (χ4v) is 2.86. The first-order chi connectivity index (χ1) is 9.43. The fraction of sp³-hybridized carbons (Fsp3) is 0.429. The van der Waals surface area contributed by atoms with Crippen molar-refractivity contribution in [1.82, 2.24) is 4.31 Å². The van der Waals surface area contributed by atoms with Gasteiger partial charge in [0.1, 0.15) is 10.7 Å². The minimum absolute atomic E-state index is 0.168. The maximum Gasteiger partial charge on any atom is 0.245 e. The summed E-state index contributed by atoms with van der Waals surface area (Å²) in [5, 5.41) is 0. The van der Waals surface area contributed by atoms with E-state index >= 15 is 0 Å². The van der Waals surface area contributed by atoms with Crippen LogP contribution in [0.2, 0.25) is 0 Å². The largest absolute Gasteiger partial charge is 0.320 e. The van der Waals surface area contributed by atoms with E-state index in [0.29, 0.717) is 12.1 Å². The van der Waals surface area contributed by atoms with Gasteiger partial charge in [-0.05, 0) is 24.6 Å². The topological polar surface area (TPSA) is 63.4 Å². The van der Waals surface area contributed by atoms with E-state index in [1.807, 2.05) is 6.92 Å². The summed E-state index contributed by atoms with van der Waals surface area (Å²) in [6, 6.07) is 3.84. The summed E-state index contributed by atoms with van der Waals surface area (Å²) in [7, 11) is -2.34. The van der Waals surface area contributed by atoms with Crippen LogP contribution in [0.4, 0.5) is 4.39 Å². The molecule has 0 heterocycles. The molecule has 1 aromatic carbocycles. The zero-order valence-corrected chi connectivity index (χ0v) is 12.5. The van der Waals surface area contributed by atoms with Gasteiger partial charge in [0, 0.05) is 19.2 Å². The summed E-state index contributed by atoms with van der Waals surface area (Å²) >= 11 is 0. The molecule has 0 fully saturated rings. The van der Waals surface area contributed by atoms with Gasteiger partial charge in [-0.15, -0.1) is 0 Å². The van der Waals surface area contributed by atoms with Crippen molar-refractivity contribution in [1.29, 1.82) is 0 Å². The second kappa shape index (κ2) is 7.39. The van der Waals surface area contributed by atoms with E-state index in [4.69, 9.17) is 5.73 Å². The Morgan fingerprint density at radius 2 is 2.10 bits per heavy atom. The second-order valence-electron chi connectivity index (χ2n) is 4.33. The third kappa shape index (κ3) is 4.04. The summed E-state index contributed by atoms with van der Waals surface area (Å²) in [5.74, 6) is 4.46. The van der Waals surface area contributed by atoms with Crippen LogP contribution in [0.3, 0.4) is 0 Å². The molecule has 0 aliphatic rings. The molecule has 0 bridgehead atoms. The number of nitrogens with zero attached hydrogens (tertiary/aromatic N) is 1. The maximum atomic E-state index is 14.0. The van der Waals surface area contributed by atoms with Gasteiger partial charge in [-0.3, -0.25) is 0 Å². The molecule has 2 N–H and O–H groups in total. The van der Waals surface area contributed by atoms with Crippen LogP contribution in [0.1, 0.15) is 25.3 Å². The molecular weight excluding hydrogens is 279 g/mol. The molecule has 6 heteroatoms. The molecule has 0 aromatic heterocycles. The minimum atomic E-state index is -3.79.